The van der Waals surface area contributed by atoms with E-state index in [0.717, 1.165) is 77.1 Å². The SMILES string of the molecule is CCCCCCCCC(CCC1CCC2OC2C1)C(OCCCC)(OCCCC)OCCCC. The summed E-state index contributed by atoms with van der Waals surface area (Å²) in [6.45, 7) is 11.1. The lowest BCUT2D eigenvalue weighted by Gasteiger charge is -2.40. The minimum atomic E-state index is -0.865. The van der Waals surface area contributed by atoms with Gasteiger partial charge in [0.2, 0.25) is 0 Å². The molecule has 1 saturated carbocycles. The molecular formula is C30H58O4. The van der Waals surface area contributed by atoms with Crippen molar-refractivity contribution in [3.05, 3.63) is 0 Å². The van der Waals surface area contributed by atoms with Gasteiger partial charge in [0.1, 0.15) is 0 Å². The molecule has 4 unspecified atom stereocenters. The molecule has 2 aliphatic rings. The van der Waals surface area contributed by atoms with Crippen molar-refractivity contribution in [1.82, 2.24) is 0 Å². The quantitative estimate of drug-likeness (QED) is 0.0828. The van der Waals surface area contributed by atoms with Crippen LogP contribution in [0.25, 0.3) is 0 Å². The largest absolute Gasteiger partial charge is 0.370 e. The highest BCUT2D eigenvalue weighted by atomic mass is 16.9. The van der Waals surface area contributed by atoms with Gasteiger partial charge in [-0.15, -0.1) is 0 Å². The molecule has 0 aromatic carbocycles. The molecule has 0 radical (unpaired) electrons. The van der Waals surface area contributed by atoms with Crippen molar-refractivity contribution in [3.63, 3.8) is 0 Å². The van der Waals surface area contributed by atoms with E-state index < -0.39 is 5.97 Å². The van der Waals surface area contributed by atoms with Gasteiger partial charge in [-0.3, -0.25) is 0 Å². The molecule has 4 heteroatoms. The van der Waals surface area contributed by atoms with Crippen LogP contribution in [0.5, 0.6) is 0 Å². The molecule has 1 saturated heterocycles. The summed E-state index contributed by atoms with van der Waals surface area (Å²) in [5.41, 5.74) is 0. The zero-order valence-electron chi connectivity index (χ0n) is 23.3. The Labute approximate surface area is 212 Å². The van der Waals surface area contributed by atoms with E-state index in [9.17, 15) is 0 Å². The molecule has 0 amide bonds. The Bertz CT molecular complexity index is 456. The number of epoxide rings is 1. The molecule has 4 atom stereocenters. The van der Waals surface area contributed by atoms with E-state index in [4.69, 9.17) is 18.9 Å². The molecule has 2 fully saturated rings. The van der Waals surface area contributed by atoms with Crippen LogP contribution in [0.1, 0.15) is 143 Å². The molecule has 1 aliphatic heterocycles. The molecule has 1 heterocycles. The van der Waals surface area contributed by atoms with Crippen LogP contribution in [-0.4, -0.2) is 38.0 Å². The van der Waals surface area contributed by atoms with E-state index in [2.05, 4.69) is 27.7 Å². The van der Waals surface area contributed by atoms with Gasteiger partial charge in [-0.05, 0) is 63.7 Å². The van der Waals surface area contributed by atoms with E-state index in [-0.39, 0.29) is 0 Å². The second-order valence-electron chi connectivity index (χ2n) is 10.9. The lowest BCUT2D eigenvalue weighted by atomic mass is 9.82. The van der Waals surface area contributed by atoms with Crippen molar-refractivity contribution in [2.24, 2.45) is 11.8 Å². The Balaban J connectivity index is 2.07. The van der Waals surface area contributed by atoms with Gasteiger partial charge >= 0.3 is 0 Å². The van der Waals surface area contributed by atoms with E-state index in [1.807, 2.05) is 0 Å². The van der Waals surface area contributed by atoms with E-state index in [1.54, 1.807) is 0 Å². The first-order chi connectivity index (χ1) is 16.7. The van der Waals surface area contributed by atoms with Crippen LogP contribution < -0.4 is 0 Å². The number of fused-ring (bicyclic) bond motifs is 1. The highest BCUT2D eigenvalue weighted by Crippen LogP contribution is 2.43. The van der Waals surface area contributed by atoms with Crippen molar-refractivity contribution in [2.75, 3.05) is 19.8 Å². The van der Waals surface area contributed by atoms with Crippen LogP contribution in [0.3, 0.4) is 0 Å². The Morgan fingerprint density at radius 3 is 1.76 bits per heavy atom. The Morgan fingerprint density at radius 1 is 0.647 bits per heavy atom. The predicted molar refractivity (Wildman–Crippen MR) is 142 cm³/mol. The van der Waals surface area contributed by atoms with Crippen LogP contribution in [0.2, 0.25) is 0 Å². The summed E-state index contributed by atoms with van der Waals surface area (Å²) < 4.78 is 25.7. The maximum absolute atomic E-state index is 6.62. The highest BCUT2D eigenvalue weighted by Gasteiger charge is 2.45. The third kappa shape index (κ3) is 11.3. The van der Waals surface area contributed by atoms with Crippen LogP contribution >= 0.6 is 0 Å². The molecule has 0 N–H and O–H groups in total. The van der Waals surface area contributed by atoms with Crippen molar-refractivity contribution < 1.29 is 18.9 Å². The predicted octanol–water partition coefficient (Wildman–Crippen LogP) is 8.80. The molecule has 0 bridgehead atoms. The topological polar surface area (TPSA) is 40.2 Å². The van der Waals surface area contributed by atoms with Crippen molar-refractivity contribution in [1.29, 1.82) is 0 Å². The fourth-order valence-electron chi connectivity index (χ4n) is 5.41. The summed E-state index contributed by atoms with van der Waals surface area (Å²) in [4.78, 5) is 0. The van der Waals surface area contributed by atoms with Crippen LogP contribution in [0.15, 0.2) is 0 Å². The van der Waals surface area contributed by atoms with Crippen molar-refractivity contribution in [3.8, 4) is 0 Å². The summed E-state index contributed by atoms with van der Waals surface area (Å²) in [6, 6.07) is 0. The van der Waals surface area contributed by atoms with Crippen molar-refractivity contribution in [2.45, 2.75) is 161 Å². The summed E-state index contributed by atoms with van der Waals surface area (Å²) in [5, 5.41) is 0. The molecule has 2 rings (SSSR count). The number of unbranched alkanes of at least 4 members (excludes halogenated alkanes) is 8. The summed E-state index contributed by atoms with van der Waals surface area (Å²) in [5.74, 6) is 0.230. The summed E-state index contributed by atoms with van der Waals surface area (Å²) >= 11 is 0. The second-order valence-corrected chi connectivity index (χ2v) is 10.9. The van der Waals surface area contributed by atoms with Gasteiger partial charge in [-0.2, -0.15) is 0 Å². The maximum atomic E-state index is 6.62. The molecular weight excluding hydrogens is 424 g/mol. The number of rotatable bonds is 23. The molecule has 1 aliphatic carbocycles. The average molecular weight is 483 g/mol. The Kier molecular flexibility index (Phi) is 16.0. The molecule has 0 aromatic heterocycles. The zero-order valence-corrected chi connectivity index (χ0v) is 23.3. The van der Waals surface area contributed by atoms with Gasteiger partial charge in [-0.25, -0.2) is 0 Å². The van der Waals surface area contributed by atoms with Gasteiger partial charge in [0.05, 0.1) is 32.0 Å². The first kappa shape index (κ1) is 30.1. The van der Waals surface area contributed by atoms with Gasteiger partial charge in [0, 0.05) is 5.92 Å². The first-order valence-corrected chi connectivity index (χ1v) is 15.3. The number of hydrogen-bond acceptors (Lipinski definition) is 4. The third-order valence-corrected chi connectivity index (χ3v) is 7.85. The molecule has 0 spiro atoms. The fourth-order valence-corrected chi connectivity index (χ4v) is 5.41. The van der Waals surface area contributed by atoms with Crippen LogP contribution in [0.4, 0.5) is 0 Å². The van der Waals surface area contributed by atoms with Gasteiger partial charge in [0.25, 0.3) is 5.97 Å². The summed E-state index contributed by atoms with van der Waals surface area (Å²) in [6.07, 6.45) is 23.0. The smallest absolute Gasteiger partial charge is 0.285 e. The van der Waals surface area contributed by atoms with Crippen LogP contribution in [0, 0.1) is 11.8 Å². The molecule has 202 valence electrons. The molecule has 0 aromatic rings. The number of hydrogen-bond donors (Lipinski definition) is 0. The Morgan fingerprint density at radius 2 is 1.21 bits per heavy atom. The molecule has 4 nitrogen and oxygen atoms in total. The zero-order chi connectivity index (χ0) is 24.5. The monoisotopic (exact) mass is 482 g/mol. The molecule has 34 heavy (non-hydrogen) atoms. The minimum Gasteiger partial charge on any atom is -0.370 e. The van der Waals surface area contributed by atoms with E-state index in [0.29, 0.717) is 18.1 Å². The van der Waals surface area contributed by atoms with Crippen LogP contribution in [-0.2, 0) is 18.9 Å². The van der Waals surface area contributed by atoms with E-state index in [1.165, 1.54) is 64.2 Å². The third-order valence-electron chi connectivity index (χ3n) is 7.85. The minimum absolute atomic E-state index is 0.307. The van der Waals surface area contributed by atoms with Gasteiger partial charge in [-0.1, -0.05) is 85.5 Å². The normalized spacial score (nSPS) is 23.1. The summed E-state index contributed by atoms with van der Waals surface area (Å²) in [7, 11) is 0. The fraction of sp³-hybridized carbons (Fsp3) is 1.00. The second kappa shape index (κ2) is 18.1. The van der Waals surface area contributed by atoms with Gasteiger partial charge in [0.15, 0.2) is 0 Å². The van der Waals surface area contributed by atoms with Crippen molar-refractivity contribution >= 4 is 0 Å². The highest BCUT2D eigenvalue weighted by molar-refractivity contribution is 4.92. The average Bonchev–Trinajstić information content (AvgIpc) is 3.62. The Hall–Kier alpha value is -0.160. The lowest BCUT2D eigenvalue weighted by molar-refractivity contribution is -0.407. The standard InChI is InChI=1S/C30H58O4/c1-5-9-13-14-15-16-17-27(20-18-26-19-21-28-29(25-26)34-28)30(31-22-10-6-2,32-23-11-7-3)33-24-12-8-4/h26-29H,5-25H2,1-4H3. The van der Waals surface area contributed by atoms with Gasteiger partial charge < -0.3 is 18.9 Å². The maximum Gasteiger partial charge on any atom is 0.285 e. The lowest BCUT2D eigenvalue weighted by Crippen LogP contribution is -2.47. The van der Waals surface area contributed by atoms with E-state index >= 15 is 0 Å². The first-order valence-electron chi connectivity index (χ1n) is 15.3. The number of ether oxygens (including phenoxy) is 4.